The predicted molar refractivity (Wildman–Crippen MR) is 89.7 cm³/mol. The molecule has 24 heavy (non-hydrogen) atoms. The number of para-hydroxylation sites is 2. The van der Waals surface area contributed by atoms with E-state index in [2.05, 4.69) is 10.6 Å². The van der Waals surface area contributed by atoms with Crippen LogP contribution in [-0.4, -0.2) is 26.5 Å². The van der Waals surface area contributed by atoms with Gasteiger partial charge in [0.05, 0.1) is 11.6 Å². The molecule has 1 unspecified atom stereocenters. The molecule has 1 amide bonds. The molecule has 3 heterocycles. The zero-order valence-corrected chi connectivity index (χ0v) is 13.5. The topological polar surface area (TPSA) is 60.4 Å². The highest BCUT2D eigenvalue weighted by molar-refractivity contribution is 5.77. The van der Waals surface area contributed by atoms with Crippen LogP contribution < -0.4 is 5.76 Å². The summed E-state index contributed by atoms with van der Waals surface area (Å²) in [6, 6.07) is 11.4. The van der Waals surface area contributed by atoms with Gasteiger partial charge in [-0.1, -0.05) is 12.1 Å². The van der Waals surface area contributed by atoms with Crippen molar-refractivity contribution < 1.29 is 9.21 Å². The summed E-state index contributed by atoms with van der Waals surface area (Å²) in [7, 11) is 0. The fourth-order valence-electron chi connectivity index (χ4n) is 3.50. The summed E-state index contributed by atoms with van der Waals surface area (Å²) < 4.78 is 8.93. The van der Waals surface area contributed by atoms with Gasteiger partial charge in [-0.2, -0.15) is 0 Å². The molecular formula is C18H19N3O3. The molecule has 6 heteroatoms. The van der Waals surface area contributed by atoms with E-state index in [1.165, 1.54) is 4.57 Å². The molecule has 4 rings (SSSR count). The van der Waals surface area contributed by atoms with E-state index in [4.69, 9.17) is 4.42 Å². The van der Waals surface area contributed by atoms with Gasteiger partial charge in [-0.05, 0) is 31.2 Å². The van der Waals surface area contributed by atoms with Gasteiger partial charge in [-0.3, -0.25) is 9.36 Å². The monoisotopic (exact) mass is 325 g/mol. The average molecular weight is 325 g/mol. The first kappa shape index (κ1) is 14.8. The number of carbonyl (C=O) groups excluding carboxylic acids is 1. The minimum Gasteiger partial charge on any atom is -0.408 e. The Balaban J connectivity index is 1.51. The van der Waals surface area contributed by atoms with Gasteiger partial charge in [0.25, 0.3) is 0 Å². The molecule has 3 aromatic rings. The van der Waals surface area contributed by atoms with Crippen LogP contribution >= 0.6 is 0 Å². The summed E-state index contributed by atoms with van der Waals surface area (Å²) >= 11 is 0. The van der Waals surface area contributed by atoms with Crippen LogP contribution in [0, 0.1) is 0 Å². The van der Waals surface area contributed by atoms with Crippen molar-refractivity contribution in [1.29, 1.82) is 0 Å². The molecule has 0 N–H and O–H groups in total. The Morgan fingerprint density at radius 3 is 2.92 bits per heavy atom. The second kappa shape index (κ2) is 5.70. The van der Waals surface area contributed by atoms with Crippen LogP contribution in [0.25, 0.3) is 11.1 Å². The van der Waals surface area contributed by atoms with E-state index in [0.717, 1.165) is 17.8 Å². The number of amides is 1. The Hall–Kier alpha value is -2.76. The lowest BCUT2D eigenvalue weighted by atomic mass is 10.1. The van der Waals surface area contributed by atoms with Crippen molar-refractivity contribution in [2.24, 2.45) is 0 Å². The smallest absolute Gasteiger partial charge is 0.408 e. The van der Waals surface area contributed by atoms with Crippen LogP contribution in [0.1, 0.15) is 25.1 Å². The number of benzene rings is 1. The van der Waals surface area contributed by atoms with E-state index < -0.39 is 5.76 Å². The molecule has 6 nitrogen and oxygen atoms in total. The largest absolute Gasteiger partial charge is 0.419 e. The van der Waals surface area contributed by atoms with E-state index >= 15 is 0 Å². The summed E-state index contributed by atoms with van der Waals surface area (Å²) in [5.74, 6) is -0.350. The Morgan fingerprint density at radius 2 is 2.04 bits per heavy atom. The van der Waals surface area contributed by atoms with Crippen molar-refractivity contribution in [3.63, 3.8) is 0 Å². The van der Waals surface area contributed by atoms with Gasteiger partial charge in [0.15, 0.2) is 5.58 Å². The maximum Gasteiger partial charge on any atom is 0.419 e. The van der Waals surface area contributed by atoms with Crippen molar-refractivity contribution in [3.8, 4) is 0 Å². The van der Waals surface area contributed by atoms with Crippen molar-refractivity contribution >= 4 is 17.0 Å². The zero-order chi connectivity index (χ0) is 16.7. The highest BCUT2D eigenvalue weighted by atomic mass is 16.4. The molecule has 1 aromatic carbocycles. The Bertz CT molecular complexity index is 950. The fourth-order valence-corrected chi connectivity index (χ4v) is 3.50. The number of carbonyl (C=O) groups is 1. The number of aromatic nitrogens is 2. The zero-order valence-electron chi connectivity index (χ0n) is 13.5. The molecule has 0 saturated carbocycles. The van der Waals surface area contributed by atoms with Crippen LogP contribution in [0.4, 0.5) is 0 Å². The van der Waals surface area contributed by atoms with Crippen LogP contribution in [0.15, 0.2) is 51.8 Å². The lowest BCUT2D eigenvalue weighted by molar-refractivity contribution is -0.134. The van der Waals surface area contributed by atoms with Gasteiger partial charge < -0.3 is 13.9 Å². The first-order chi connectivity index (χ1) is 11.6. The maximum atomic E-state index is 12.7. The second-order valence-corrected chi connectivity index (χ2v) is 6.13. The quantitative estimate of drug-likeness (QED) is 0.743. The number of hydrogen-bond acceptors (Lipinski definition) is 3. The van der Waals surface area contributed by atoms with Crippen molar-refractivity contribution in [2.75, 3.05) is 6.54 Å². The molecule has 0 aliphatic carbocycles. The number of hydrogen-bond donors (Lipinski definition) is 0. The molecule has 0 radical (unpaired) electrons. The van der Waals surface area contributed by atoms with Gasteiger partial charge >= 0.3 is 5.76 Å². The van der Waals surface area contributed by atoms with Crippen LogP contribution in [0.5, 0.6) is 0 Å². The third kappa shape index (κ3) is 2.35. The molecule has 0 spiro atoms. The molecule has 1 aliphatic rings. The van der Waals surface area contributed by atoms with Crippen LogP contribution in [0.3, 0.4) is 0 Å². The average Bonchev–Trinajstić information content (AvgIpc) is 3.17. The van der Waals surface area contributed by atoms with Crippen molar-refractivity contribution in [2.45, 2.75) is 32.5 Å². The first-order valence-corrected chi connectivity index (χ1v) is 8.18. The fraction of sp³-hybridized carbons (Fsp3) is 0.333. The predicted octanol–water partition coefficient (Wildman–Crippen LogP) is 2.39. The minimum atomic E-state index is -0.412. The van der Waals surface area contributed by atoms with Gasteiger partial charge in [0.1, 0.15) is 0 Å². The minimum absolute atomic E-state index is 0.0547. The van der Waals surface area contributed by atoms with Crippen LogP contribution in [-0.2, 0) is 17.9 Å². The normalized spacial score (nSPS) is 17.2. The molecule has 124 valence electrons. The highest BCUT2D eigenvalue weighted by Gasteiger charge is 2.27. The number of rotatable bonds is 3. The summed E-state index contributed by atoms with van der Waals surface area (Å²) in [6.07, 6.45) is 2.33. The van der Waals surface area contributed by atoms with E-state index in [0.29, 0.717) is 18.7 Å². The number of aryl methyl sites for hydroxylation is 1. The van der Waals surface area contributed by atoms with E-state index in [9.17, 15) is 9.59 Å². The molecule has 1 aliphatic heterocycles. The Morgan fingerprint density at radius 1 is 1.21 bits per heavy atom. The summed E-state index contributed by atoms with van der Waals surface area (Å²) in [5, 5.41) is 0. The molecule has 0 saturated heterocycles. The lowest BCUT2D eigenvalue weighted by Crippen LogP contribution is -2.41. The van der Waals surface area contributed by atoms with Crippen molar-refractivity contribution in [1.82, 2.24) is 14.0 Å². The van der Waals surface area contributed by atoms with Crippen molar-refractivity contribution in [3.05, 3.63) is 58.8 Å². The van der Waals surface area contributed by atoms with Gasteiger partial charge in [0, 0.05) is 37.9 Å². The third-order valence-electron chi connectivity index (χ3n) is 4.79. The van der Waals surface area contributed by atoms with Gasteiger partial charge in [0.2, 0.25) is 5.91 Å². The van der Waals surface area contributed by atoms with Gasteiger partial charge in [-0.25, -0.2) is 4.79 Å². The Labute approximate surface area is 138 Å². The number of oxazole rings is 1. The molecule has 1 atom stereocenters. The molecular weight excluding hydrogens is 306 g/mol. The lowest BCUT2D eigenvalue weighted by Gasteiger charge is -2.35. The third-order valence-corrected chi connectivity index (χ3v) is 4.79. The van der Waals surface area contributed by atoms with E-state index in [1.807, 2.05) is 42.3 Å². The van der Waals surface area contributed by atoms with E-state index in [1.54, 1.807) is 6.07 Å². The highest BCUT2D eigenvalue weighted by Crippen LogP contribution is 2.26. The maximum absolute atomic E-state index is 12.7. The Kier molecular flexibility index (Phi) is 3.52. The van der Waals surface area contributed by atoms with Gasteiger partial charge in [-0.15, -0.1) is 0 Å². The summed E-state index contributed by atoms with van der Waals surface area (Å²) in [4.78, 5) is 26.5. The summed E-state index contributed by atoms with van der Waals surface area (Å²) in [6.45, 7) is 3.89. The summed E-state index contributed by atoms with van der Waals surface area (Å²) in [5.41, 5.74) is 2.44. The first-order valence-electron chi connectivity index (χ1n) is 8.18. The van der Waals surface area contributed by atoms with Crippen LogP contribution in [0.2, 0.25) is 0 Å². The molecule has 2 aromatic heterocycles. The standard InChI is InChI=1S/C18H19N3O3/c1-13-14-6-4-9-19(14)11-12-20(13)17(22)8-10-21-15-5-2-3-7-16(15)24-18(21)23/h2-7,9,13H,8,10-12H2,1H3. The second-order valence-electron chi connectivity index (χ2n) is 6.13. The number of fused-ring (bicyclic) bond motifs is 2. The SMILES string of the molecule is CC1c2cccn2CCN1C(=O)CCn1c(=O)oc2ccccc21. The molecule has 0 bridgehead atoms. The number of nitrogens with zero attached hydrogens (tertiary/aromatic N) is 3. The molecule has 0 fully saturated rings. The van der Waals surface area contributed by atoms with E-state index in [-0.39, 0.29) is 18.4 Å².